The summed E-state index contributed by atoms with van der Waals surface area (Å²) in [5, 5.41) is 0. The molecule has 46 heavy (non-hydrogen) atoms. The van der Waals surface area contributed by atoms with Gasteiger partial charge in [0.2, 0.25) is 0 Å². The van der Waals surface area contributed by atoms with Crippen molar-refractivity contribution in [3.8, 4) is 0 Å². The molecule has 0 atom stereocenters. The van der Waals surface area contributed by atoms with E-state index in [0.717, 1.165) is 41.1 Å². The van der Waals surface area contributed by atoms with Crippen LogP contribution in [0.5, 0.6) is 0 Å². The molecule has 0 saturated heterocycles. The van der Waals surface area contributed by atoms with Gasteiger partial charge in [0.05, 0.1) is 37.6 Å². The lowest BCUT2D eigenvalue weighted by Gasteiger charge is -2.22. The van der Waals surface area contributed by atoms with Gasteiger partial charge in [-0.2, -0.15) is 0 Å². The fourth-order valence-corrected chi connectivity index (χ4v) is 10.4. The lowest BCUT2D eigenvalue weighted by atomic mass is 9.87. The Morgan fingerprint density at radius 3 is 0.587 bits per heavy atom. The lowest BCUT2D eigenvalue weighted by molar-refractivity contribution is 0.590. The summed E-state index contributed by atoms with van der Waals surface area (Å²) in [7, 11) is 0. The monoisotopic (exact) mass is 684 g/mol. The summed E-state index contributed by atoms with van der Waals surface area (Å²) in [6.45, 7) is 27.5. The summed E-state index contributed by atoms with van der Waals surface area (Å²) in [4.78, 5) is 0. The zero-order valence-corrected chi connectivity index (χ0v) is 32.3. The Morgan fingerprint density at radius 2 is 0.457 bits per heavy atom. The zero-order chi connectivity index (χ0) is 33.1. The van der Waals surface area contributed by atoms with Gasteiger partial charge in [-0.3, -0.25) is 0 Å². The van der Waals surface area contributed by atoms with Crippen LogP contribution in [-0.2, 0) is 21.7 Å². The first kappa shape index (κ1) is 31.9. The second-order valence-corrected chi connectivity index (χ2v) is 21.2. The minimum atomic E-state index is -0.0114. The highest BCUT2D eigenvalue weighted by atomic mass is 32.1. The Morgan fingerprint density at radius 1 is 0.304 bits per heavy atom. The Hall–Kier alpha value is -2.64. The van der Waals surface area contributed by atoms with E-state index in [9.17, 15) is 0 Å². The van der Waals surface area contributed by atoms with E-state index in [2.05, 4.69) is 132 Å². The predicted octanol–water partition coefficient (Wildman–Crippen LogP) is 14.9. The van der Waals surface area contributed by atoms with Crippen LogP contribution in [0.25, 0.3) is 59.9 Å². The van der Waals surface area contributed by atoms with E-state index in [1.165, 1.54) is 41.1 Å². The maximum Gasteiger partial charge on any atom is 0.161 e. The van der Waals surface area contributed by atoms with Crippen LogP contribution in [-0.4, -0.2) is 0 Å². The van der Waals surface area contributed by atoms with Crippen LogP contribution >= 0.6 is 45.3 Å². The molecule has 3 aromatic heterocycles. The predicted molar refractivity (Wildman–Crippen MR) is 209 cm³/mol. The van der Waals surface area contributed by atoms with Gasteiger partial charge in [-0.05, 0) is 92.4 Å². The van der Waals surface area contributed by atoms with Crippen LogP contribution in [0.3, 0.4) is 0 Å². The third-order valence-electron chi connectivity index (χ3n) is 8.84. The molecule has 3 heterocycles. The van der Waals surface area contributed by atoms with E-state index in [0.29, 0.717) is 0 Å². The molecule has 0 radical (unpaired) electrons. The Kier molecular flexibility index (Phi) is 7.24. The molecule has 4 aromatic carbocycles. The van der Waals surface area contributed by atoms with Crippen molar-refractivity contribution in [2.24, 2.45) is 0 Å². The van der Waals surface area contributed by atoms with Crippen LogP contribution in [0.15, 0.2) is 57.4 Å². The standard InChI is InChI=1S/C40H44O2S4/c1-37(2,3)21-13-25-33-29(17-21)45-30-18-23(39(7,8)9)15-27-35(30)42-36-28(44-27)16-24(40(10,11)12)20-32(36)46-31-19-22(38(4,5)6)14-26(43-25)34(31)41-33/h13-20H,1-12H3. The molecule has 0 aliphatic carbocycles. The SMILES string of the molecule is CC(C)(C)c1cc2sc3cc(C(C)(C)C)cc4sc5cc(C(C)(C)C)cc6sc7cc(C(C)(C)C)cc(sc(c1)c2oc34)c7oc65. The molecule has 7 rings (SSSR count). The van der Waals surface area contributed by atoms with E-state index in [4.69, 9.17) is 8.83 Å². The normalized spacial score (nSPS) is 13.7. The Bertz CT molecular complexity index is 2070. The largest absolute Gasteiger partial charge is 0.451 e. The van der Waals surface area contributed by atoms with Gasteiger partial charge in [0, 0.05) is 0 Å². The Balaban J connectivity index is 1.81. The van der Waals surface area contributed by atoms with Gasteiger partial charge in [-0.25, -0.2) is 0 Å². The van der Waals surface area contributed by atoms with E-state index in [1.54, 1.807) is 22.7 Å². The summed E-state index contributed by atoms with van der Waals surface area (Å²) in [5.74, 6) is 0. The summed E-state index contributed by atoms with van der Waals surface area (Å²) in [6, 6.07) is 18.8. The van der Waals surface area contributed by atoms with Crippen molar-refractivity contribution < 1.29 is 8.83 Å². The van der Waals surface area contributed by atoms with Crippen molar-refractivity contribution in [1.29, 1.82) is 0 Å². The molecule has 0 amide bonds. The van der Waals surface area contributed by atoms with Gasteiger partial charge < -0.3 is 8.83 Å². The maximum atomic E-state index is 7.11. The first-order valence-corrected chi connectivity index (χ1v) is 19.3. The molecule has 0 aliphatic rings. The second-order valence-electron chi connectivity index (χ2n) is 16.8. The van der Waals surface area contributed by atoms with E-state index >= 15 is 0 Å². The van der Waals surface area contributed by atoms with Crippen molar-refractivity contribution in [3.63, 3.8) is 0 Å². The first-order valence-electron chi connectivity index (χ1n) is 16.1. The highest BCUT2D eigenvalue weighted by molar-refractivity contribution is 7.29. The fourth-order valence-electron chi connectivity index (χ4n) is 5.73. The topological polar surface area (TPSA) is 26.3 Å². The molecule has 6 heteroatoms. The van der Waals surface area contributed by atoms with E-state index in [1.807, 2.05) is 22.7 Å². The van der Waals surface area contributed by atoms with Crippen LogP contribution in [0, 0.1) is 0 Å². The molecule has 0 N–H and O–H groups in total. The average molecular weight is 685 g/mol. The van der Waals surface area contributed by atoms with Crippen LogP contribution in [0.1, 0.15) is 105 Å². The zero-order valence-electron chi connectivity index (χ0n) is 29.1. The molecule has 240 valence electrons. The molecule has 0 saturated carbocycles. The number of hydrogen-bond donors (Lipinski definition) is 0. The molecule has 0 aliphatic heterocycles. The minimum Gasteiger partial charge on any atom is -0.451 e. The van der Waals surface area contributed by atoms with Gasteiger partial charge in [0.15, 0.2) is 22.3 Å². The highest BCUT2D eigenvalue weighted by Crippen LogP contribution is 2.45. The van der Waals surface area contributed by atoms with Crippen LogP contribution in [0.2, 0.25) is 0 Å². The van der Waals surface area contributed by atoms with Crippen molar-refractivity contribution >= 4 is 105 Å². The summed E-state index contributed by atoms with van der Waals surface area (Å²) in [6.07, 6.45) is 0. The Labute approximate surface area is 288 Å². The molecule has 7 aromatic rings. The van der Waals surface area contributed by atoms with Gasteiger partial charge >= 0.3 is 0 Å². The van der Waals surface area contributed by atoms with Gasteiger partial charge in [-0.15, -0.1) is 45.3 Å². The van der Waals surface area contributed by atoms with Crippen molar-refractivity contribution in [2.45, 2.75) is 105 Å². The molecule has 4 bridgehead atoms. The first-order chi connectivity index (χ1) is 21.3. The van der Waals surface area contributed by atoms with Crippen LogP contribution in [0.4, 0.5) is 0 Å². The number of benzene rings is 4. The fraction of sp³-hybridized carbons (Fsp3) is 0.400. The molecular weight excluding hydrogens is 641 g/mol. The van der Waals surface area contributed by atoms with Gasteiger partial charge in [0.1, 0.15) is 0 Å². The maximum absolute atomic E-state index is 7.11. The molecule has 0 fully saturated rings. The molecular formula is C40H44O2S4. The van der Waals surface area contributed by atoms with Crippen molar-refractivity contribution in [3.05, 3.63) is 70.8 Å². The van der Waals surface area contributed by atoms with Crippen LogP contribution < -0.4 is 0 Å². The summed E-state index contributed by atoms with van der Waals surface area (Å²) in [5.41, 5.74) is 8.97. The van der Waals surface area contributed by atoms with Crippen molar-refractivity contribution in [1.82, 2.24) is 0 Å². The van der Waals surface area contributed by atoms with E-state index in [-0.39, 0.29) is 21.7 Å². The third kappa shape index (κ3) is 5.63. The van der Waals surface area contributed by atoms with Gasteiger partial charge in [-0.1, -0.05) is 83.1 Å². The number of hydrogen-bond acceptors (Lipinski definition) is 6. The number of rotatable bonds is 0. The highest BCUT2D eigenvalue weighted by Gasteiger charge is 2.23. The summed E-state index contributed by atoms with van der Waals surface area (Å²) >= 11 is 7.27. The molecule has 2 nitrogen and oxygen atoms in total. The molecule has 0 spiro atoms. The minimum absolute atomic E-state index is 0.0114. The lowest BCUT2D eigenvalue weighted by Crippen LogP contribution is -2.11. The molecule has 0 unspecified atom stereocenters. The van der Waals surface area contributed by atoms with Crippen molar-refractivity contribution in [2.75, 3.05) is 0 Å². The quantitative estimate of drug-likeness (QED) is 0.149. The summed E-state index contributed by atoms with van der Waals surface area (Å²) < 4.78 is 23.5. The van der Waals surface area contributed by atoms with Gasteiger partial charge in [0.25, 0.3) is 0 Å². The third-order valence-corrected chi connectivity index (χ3v) is 13.0. The smallest absolute Gasteiger partial charge is 0.161 e. The second kappa shape index (κ2) is 10.4. The average Bonchev–Trinajstić information content (AvgIpc) is 2.92. The van der Waals surface area contributed by atoms with E-state index < -0.39 is 0 Å².